The van der Waals surface area contributed by atoms with Crippen molar-refractivity contribution in [3.8, 4) is 0 Å². The van der Waals surface area contributed by atoms with E-state index in [4.69, 9.17) is 0 Å². The van der Waals surface area contributed by atoms with Gasteiger partial charge in [0, 0.05) is 0 Å². The van der Waals surface area contributed by atoms with Crippen LogP contribution in [0.3, 0.4) is 0 Å². The summed E-state index contributed by atoms with van der Waals surface area (Å²) in [4.78, 5) is 6.50. The molecule has 6 nitrogen and oxygen atoms in total. The van der Waals surface area contributed by atoms with E-state index in [9.17, 15) is 13.0 Å². The average Bonchev–Trinajstić information content (AvgIpc) is 2.42. The Bertz CT molecular complexity index is 533. The van der Waals surface area contributed by atoms with E-state index in [-0.39, 0.29) is 35.5 Å². The van der Waals surface area contributed by atoms with Gasteiger partial charge in [-0.05, 0) is 12.1 Å². The van der Waals surface area contributed by atoms with Gasteiger partial charge in [0.25, 0.3) is 0 Å². The standard InChI is InChI=1S/C7H7N3O3S.Na/c11-14(12,13)10-7-8-5-3-1-2-4-6(5)9-7;/h1-4H,(H2,8,9,10)(H,11,12,13);/q;+1/p-1. The molecule has 0 atom stereocenters. The number of rotatable bonds is 2. The Morgan fingerprint density at radius 2 is 2.00 bits per heavy atom. The third-order valence-corrected chi connectivity index (χ3v) is 2.05. The minimum atomic E-state index is -4.52. The maximum Gasteiger partial charge on any atom is 1.00 e. The summed E-state index contributed by atoms with van der Waals surface area (Å²) in [6, 6.07) is 6.97. The van der Waals surface area contributed by atoms with Gasteiger partial charge in [0.2, 0.25) is 5.95 Å². The van der Waals surface area contributed by atoms with Gasteiger partial charge in [-0.25, -0.2) is 13.4 Å². The largest absolute Gasteiger partial charge is 1.00 e. The molecule has 8 heteroatoms. The molecule has 0 aliphatic heterocycles. The van der Waals surface area contributed by atoms with Crippen molar-refractivity contribution in [2.45, 2.75) is 0 Å². The quantitative estimate of drug-likeness (QED) is 0.442. The van der Waals surface area contributed by atoms with E-state index in [0.29, 0.717) is 11.0 Å². The molecule has 1 aromatic heterocycles. The predicted octanol–water partition coefficient (Wildman–Crippen LogP) is -2.56. The number of benzene rings is 1. The van der Waals surface area contributed by atoms with Crippen LogP contribution in [0.5, 0.6) is 0 Å². The molecule has 1 aromatic carbocycles. The van der Waals surface area contributed by atoms with Gasteiger partial charge in [-0.2, -0.15) is 0 Å². The first kappa shape index (κ1) is 12.5. The number of aromatic nitrogens is 2. The molecule has 74 valence electrons. The fourth-order valence-electron chi connectivity index (χ4n) is 1.12. The number of nitrogens with one attached hydrogen (secondary N) is 2. The SMILES string of the molecule is O=S(=O)([O-])Nc1nc2ccccc2[nH]1.[Na+]. The number of fused-ring (bicyclic) bond motifs is 1. The molecular weight excluding hydrogens is 229 g/mol. The molecular formula is C7H6N3NaO3S. The summed E-state index contributed by atoms with van der Waals surface area (Å²) >= 11 is 0. The maximum atomic E-state index is 10.4. The van der Waals surface area contributed by atoms with E-state index in [0.717, 1.165) is 0 Å². The summed E-state index contributed by atoms with van der Waals surface area (Å²) in [6.45, 7) is 0. The zero-order chi connectivity index (χ0) is 10.2. The molecule has 2 rings (SSSR count). The normalized spacial score (nSPS) is 11.0. The molecule has 0 spiro atoms. The third-order valence-electron chi connectivity index (χ3n) is 1.61. The van der Waals surface area contributed by atoms with Crippen molar-refractivity contribution in [3.05, 3.63) is 24.3 Å². The molecule has 0 fully saturated rings. The van der Waals surface area contributed by atoms with Crippen LogP contribution in [0.25, 0.3) is 11.0 Å². The molecule has 0 saturated carbocycles. The van der Waals surface area contributed by atoms with Crippen LogP contribution >= 0.6 is 0 Å². The van der Waals surface area contributed by atoms with Crippen LogP contribution in [0.1, 0.15) is 0 Å². The van der Waals surface area contributed by atoms with Crippen molar-refractivity contribution in [1.29, 1.82) is 0 Å². The number of H-pyrrole nitrogens is 1. The number of imidazole rings is 1. The van der Waals surface area contributed by atoms with Crippen LogP contribution in [0.4, 0.5) is 5.95 Å². The summed E-state index contributed by atoms with van der Waals surface area (Å²) in [5.74, 6) is -0.0683. The molecule has 0 aliphatic carbocycles. The zero-order valence-corrected chi connectivity index (χ0v) is 10.7. The van der Waals surface area contributed by atoms with Gasteiger partial charge in [-0.3, -0.25) is 4.72 Å². The number of aromatic amines is 1. The molecule has 2 aromatic rings. The van der Waals surface area contributed by atoms with Gasteiger partial charge >= 0.3 is 29.6 Å². The Kier molecular flexibility index (Phi) is 3.74. The van der Waals surface area contributed by atoms with E-state index < -0.39 is 10.3 Å². The van der Waals surface area contributed by atoms with Crippen molar-refractivity contribution in [2.75, 3.05) is 4.72 Å². The van der Waals surface area contributed by atoms with Crippen molar-refractivity contribution in [1.82, 2.24) is 9.97 Å². The molecule has 2 N–H and O–H groups in total. The minimum absolute atomic E-state index is 0. The Labute approximate surface area is 108 Å². The van der Waals surface area contributed by atoms with Crippen LogP contribution in [0, 0.1) is 0 Å². The van der Waals surface area contributed by atoms with Gasteiger partial charge in [-0.1, -0.05) is 12.1 Å². The van der Waals surface area contributed by atoms with Crippen LogP contribution in [-0.2, 0) is 10.3 Å². The second-order valence-corrected chi connectivity index (χ2v) is 3.77. The van der Waals surface area contributed by atoms with Crippen molar-refractivity contribution in [3.63, 3.8) is 0 Å². The van der Waals surface area contributed by atoms with Gasteiger partial charge in [-0.15, -0.1) is 0 Å². The fourth-order valence-corrected chi connectivity index (χ4v) is 1.45. The van der Waals surface area contributed by atoms with E-state index >= 15 is 0 Å². The van der Waals surface area contributed by atoms with Crippen molar-refractivity contribution < 1.29 is 42.5 Å². The molecule has 0 aliphatic rings. The monoisotopic (exact) mass is 235 g/mol. The second kappa shape index (κ2) is 4.50. The second-order valence-electron chi connectivity index (χ2n) is 2.66. The summed E-state index contributed by atoms with van der Waals surface area (Å²) < 4.78 is 32.8. The molecule has 0 unspecified atom stereocenters. The predicted molar refractivity (Wildman–Crippen MR) is 49.4 cm³/mol. The smallest absolute Gasteiger partial charge is 0.731 e. The van der Waals surface area contributed by atoms with Gasteiger partial charge in [0.15, 0.2) is 10.3 Å². The molecule has 0 saturated heterocycles. The number of para-hydroxylation sites is 2. The van der Waals surface area contributed by atoms with Crippen LogP contribution in [0.2, 0.25) is 0 Å². The first-order chi connectivity index (χ1) is 6.54. The Hall–Kier alpha value is -0.600. The van der Waals surface area contributed by atoms with E-state index in [1.54, 1.807) is 29.0 Å². The molecule has 0 radical (unpaired) electrons. The number of hydrogen-bond donors (Lipinski definition) is 2. The Morgan fingerprint density at radius 1 is 1.33 bits per heavy atom. The van der Waals surface area contributed by atoms with Crippen LogP contribution < -0.4 is 34.3 Å². The van der Waals surface area contributed by atoms with Gasteiger partial charge < -0.3 is 9.54 Å². The van der Waals surface area contributed by atoms with E-state index in [2.05, 4.69) is 9.97 Å². The summed E-state index contributed by atoms with van der Waals surface area (Å²) in [5, 5.41) is 0. The summed E-state index contributed by atoms with van der Waals surface area (Å²) in [6.07, 6.45) is 0. The van der Waals surface area contributed by atoms with Gasteiger partial charge in [0.05, 0.1) is 11.0 Å². The number of nitrogens with zero attached hydrogens (tertiary/aromatic N) is 1. The Balaban J connectivity index is 0.00000112. The average molecular weight is 235 g/mol. The van der Waals surface area contributed by atoms with Crippen LogP contribution in [-0.4, -0.2) is 22.9 Å². The topological polar surface area (TPSA) is 97.9 Å². The van der Waals surface area contributed by atoms with Crippen molar-refractivity contribution in [2.24, 2.45) is 0 Å². The summed E-state index contributed by atoms with van der Waals surface area (Å²) in [7, 11) is -4.52. The first-order valence-corrected chi connectivity index (χ1v) is 5.14. The van der Waals surface area contributed by atoms with Crippen molar-refractivity contribution >= 4 is 27.3 Å². The number of anilines is 1. The zero-order valence-electron chi connectivity index (χ0n) is 7.89. The molecule has 0 bridgehead atoms. The minimum Gasteiger partial charge on any atom is -0.731 e. The number of hydrogen-bond acceptors (Lipinski definition) is 4. The first-order valence-electron chi connectivity index (χ1n) is 3.73. The molecule has 1 heterocycles. The molecule has 0 amide bonds. The fraction of sp³-hybridized carbons (Fsp3) is 0. The van der Waals surface area contributed by atoms with Gasteiger partial charge in [0.1, 0.15) is 0 Å². The Morgan fingerprint density at radius 3 is 2.60 bits per heavy atom. The summed E-state index contributed by atoms with van der Waals surface area (Å²) in [5.41, 5.74) is 1.26. The van der Waals surface area contributed by atoms with Crippen LogP contribution in [0.15, 0.2) is 24.3 Å². The maximum absolute atomic E-state index is 10.4. The van der Waals surface area contributed by atoms with E-state index in [1.165, 1.54) is 0 Å². The van der Waals surface area contributed by atoms with E-state index in [1.807, 2.05) is 0 Å². The molecule has 15 heavy (non-hydrogen) atoms. The third kappa shape index (κ3) is 3.18.